The van der Waals surface area contributed by atoms with Crippen LogP contribution in [0.1, 0.15) is 16.1 Å². The molecule has 1 aromatic carbocycles. The van der Waals surface area contributed by atoms with Crippen molar-refractivity contribution in [3.8, 4) is 0 Å². The maximum absolute atomic E-state index is 12.8. The average Bonchev–Trinajstić information content (AvgIpc) is 3.30. The van der Waals surface area contributed by atoms with Crippen molar-refractivity contribution in [2.75, 3.05) is 16.4 Å². The van der Waals surface area contributed by atoms with E-state index in [1.807, 2.05) is 0 Å². The lowest BCUT2D eigenvalue weighted by molar-refractivity contribution is -0.137. The molecule has 0 bridgehead atoms. The molecule has 3 rings (SSSR count). The lowest BCUT2D eigenvalue weighted by atomic mass is 10.2. The summed E-state index contributed by atoms with van der Waals surface area (Å²) in [5, 5.41) is 12.6. The number of nitrogens with one attached hydrogen (secondary N) is 2. The van der Waals surface area contributed by atoms with Crippen LogP contribution < -0.4 is 10.6 Å². The number of carbonyl (C=O) groups excluding carboxylic acids is 2. The van der Waals surface area contributed by atoms with Crippen molar-refractivity contribution in [3.63, 3.8) is 0 Å². The Morgan fingerprint density at radius 1 is 1.20 bits per heavy atom. The molecule has 2 aromatic heterocycles. The zero-order chi connectivity index (χ0) is 21.9. The zero-order valence-corrected chi connectivity index (χ0v) is 18.4. The van der Waals surface area contributed by atoms with E-state index < -0.39 is 23.6 Å². The number of rotatable bonds is 6. The second kappa shape index (κ2) is 9.37. The SMILES string of the molecule is O=C(CSc1nnc(NC(=O)c2ccc(Br)o2)s1)Nc1cc(C(F)(F)F)ccc1Cl. The molecule has 0 spiro atoms. The Hall–Kier alpha value is -2.09. The minimum absolute atomic E-state index is 0.0215. The van der Waals surface area contributed by atoms with Gasteiger partial charge in [-0.05, 0) is 46.3 Å². The Morgan fingerprint density at radius 3 is 2.63 bits per heavy atom. The smallest absolute Gasteiger partial charge is 0.416 e. The van der Waals surface area contributed by atoms with Gasteiger partial charge in [-0.3, -0.25) is 14.9 Å². The summed E-state index contributed by atoms with van der Waals surface area (Å²) in [5.41, 5.74) is -1.07. The highest BCUT2D eigenvalue weighted by Gasteiger charge is 2.31. The average molecular weight is 542 g/mol. The molecule has 0 radical (unpaired) electrons. The largest absolute Gasteiger partial charge is 0.444 e. The van der Waals surface area contributed by atoms with Crippen LogP contribution in [-0.2, 0) is 11.0 Å². The number of anilines is 2. The number of amides is 2. The fraction of sp³-hybridized carbons (Fsp3) is 0.125. The van der Waals surface area contributed by atoms with E-state index >= 15 is 0 Å². The van der Waals surface area contributed by atoms with Crippen molar-refractivity contribution in [3.05, 3.63) is 51.3 Å². The summed E-state index contributed by atoms with van der Waals surface area (Å²) in [4.78, 5) is 24.1. The van der Waals surface area contributed by atoms with Gasteiger partial charge in [0, 0.05) is 0 Å². The first kappa shape index (κ1) is 22.6. The van der Waals surface area contributed by atoms with E-state index in [0.717, 1.165) is 41.3 Å². The molecule has 0 unspecified atom stereocenters. The standard InChI is InChI=1S/C16H9BrClF3N4O3S2/c17-11-4-3-10(28-11)13(27)23-14-24-25-15(30-14)29-6-12(26)22-9-5-7(16(19,20)21)1-2-8(9)18/h1-5H,6H2,(H,22,26)(H,23,24,27). The number of halogens is 5. The highest BCUT2D eigenvalue weighted by atomic mass is 79.9. The third kappa shape index (κ3) is 5.97. The van der Waals surface area contributed by atoms with Crippen LogP contribution in [0.4, 0.5) is 24.0 Å². The Labute approximate surface area is 188 Å². The van der Waals surface area contributed by atoms with Crippen molar-refractivity contribution < 1.29 is 27.2 Å². The van der Waals surface area contributed by atoms with Crippen LogP contribution in [0.3, 0.4) is 0 Å². The van der Waals surface area contributed by atoms with Crippen molar-refractivity contribution >= 4 is 73.3 Å². The molecule has 2 heterocycles. The molecule has 0 fully saturated rings. The Balaban J connectivity index is 1.55. The van der Waals surface area contributed by atoms with Crippen LogP contribution in [0.15, 0.2) is 43.8 Å². The van der Waals surface area contributed by atoms with Gasteiger partial charge in [-0.15, -0.1) is 10.2 Å². The highest BCUT2D eigenvalue weighted by molar-refractivity contribution is 9.10. The van der Waals surface area contributed by atoms with Gasteiger partial charge in [-0.1, -0.05) is 34.7 Å². The van der Waals surface area contributed by atoms with E-state index in [0.29, 0.717) is 9.01 Å². The third-order valence-electron chi connectivity index (χ3n) is 3.32. The summed E-state index contributed by atoms with van der Waals surface area (Å²) in [6, 6.07) is 5.68. The molecule has 0 atom stereocenters. The van der Waals surface area contributed by atoms with E-state index in [2.05, 4.69) is 36.8 Å². The molecule has 0 aliphatic heterocycles. The van der Waals surface area contributed by atoms with Gasteiger partial charge in [0.15, 0.2) is 14.8 Å². The predicted molar refractivity (Wildman–Crippen MR) is 110 cm³/mol. The fourth-order valence-electron chi connectivity index (χ4n) is 2.02. The molecule has 0 saturated carbocycles. The Bertz CT molecular complexity index is 1090. The van der Waals surface area contributed by atoms with Gasteiger partial charge in [0.2, 0.25) is 11.0 Å². The van der Waals surface area contributed by atoms with Gasteiger partial charge in [0.25, 0.3) is 5.91 Å². The maximum atomic E-state index is 12.8. The highest BCUT2D eigenvalue weighted by Crippen LogP contribution is 2.34. The van der Waals surface area contributed by atoms with Crippen LogP contribution in [0.2, 0.25) is 5.02 Å². The van der Waals surface area contributed by atoms with E-state index in [9.17, 15) is 22.8 Å². The van der Waals surface area contributed by atoms with Crippen LogP contribution in [0, 0.1) is 0 Å². The molecule has 7 nitrogen and oxygen atoms in total. The molecule has 14 heteroatoms. The van der Waals surface area contributed by atoms with Crippen LogP contribution in [-0.4, -0.2) is 27.8 Å². The zero-order valence-electron chi connectivity index (χ0n) is 14.4. The summed E-state index contributed by atoms with van der Waals surface area (Å²) in [7, 11) is 0. The van der Waals surface area contributed by atoms with Gasteiger partial charge < -0.3 is 9.73 Å². The Kier molecular flexibility index (Phi) is 7.06. The molecule has 30 heavy (non-hydrogen) atoms. The van der Waals surface area contributed by atoms with Crippen LogP contribution in [0.25, 0.3) is 0 Å². The molecule has 0 aliphatic rings. The summed E-state index contributed by atoms with van der Waals surface area (Å²) in [6.07, 6.45) is -4.56. The maximum Gasteiger partial charge on any atom is 0.416 e. The van der Waals surface area contributed by atoms with Crippen molar-refractivity contribution in [1.29, 1.82) is 0 Å². The number of thioether (sulfide) groups is 1. The quantitative estimate of drug-likeness (QED) is 0.314. The van der Waals surface area contributed by atoms with E-state index in [1.54, 1.807) is 6.07 Å². The molecule has 3 aromatic rings. The summed E-state index contributed by atoms with van der Waals surface area (Å²) >= 11 is 11.0. The molecule has 158 valence electrons. The normalized spacial score (nSPS) is 11.4. The van der Waals surface area contributed by atoms with Gasteiger partial charge in [-0.25, -0.2) is 0 Å². The number of nitrogens with zero attached hydrogens (tertiary/aromatic N) is 2. The van der Waals surface area contributed by atoms with Gasteiger partial charge in [0.1, 0.15) is 0 Å². The number of hydrogen-bond donors (Lipinski definition) is 2. The minimum Gasteiger partial charge on any atom is -0.444 e. The second-order valence-electron chi connectivity index (χ2n) is 5.46. The lowest BCUT2D eigenvalue weighted by Gasteiger charge is -2.11. The van der Waals surface area contributed by atoms with Crippen molar-refractivity contribution in [2.45, 2.75) is 10.5 Å². The topological polar surface area (TPSA) is 97.1 Å². The summed E-state index contributed by atoms with van der Waals surface area (Å²) < 4.78 is 44.3. The first-order chi connectivity index (χ1) is 14.1. The number of benzene rings is 1. The van der Waals surface area contributed by atoms with E-state index in [-0.39, 0.29) is 27.4 Å². The Morgan fingerprint density at radius 2 is 1.97 bits per heavy atom. The van der Waals surface area contributed by atoms with Gasteiger partial charge >= 0.3 is 6.18 Å². The summed E-state index contributed by atoms with van der Waals surface area (Å²) in [6.45, 7) is 0. The fourth-order valence-corrected chi connectivity index (χ4v) is 4.04. The van der Waals surface area contributed by atoms with Crippen molar-refractivity contribution in [1.82, 2.24) is 10.2 Å². The monoisotopic (exact) mass is 540 g/mol. The number of hydrogen-bond acceptors (Lipinski definition) is 7. The van der Waals surface area contributed by atoms with Crippen LogP contribution >= 0.6 is 50.6 Å². The van der Waals surface area contributed by atoms with E-state index in [4.69, 9.17) is 16.0 Å². The molecular formula is C16H9BrClF3N4O3S2. The van der Waals surface area contributed by atoms with Gasteiger partial charge in [-0.2, -0.15) is 13.2 Å². The molecule has 2 amide bonds. The first-order valence-electron chi connectivity index (χ1n) is 7.81. The van der Waals surface area contributed by atoms with Gasteiger partial charge in [0.05, 0.1) is 22.0 Å². The number of carbonyl (C=O) groups is 2. The van der Waals surface area contributed by atoms with Crippen LogP contribution in [0.5, 0.6) is 0 Å². The molecular weight excluding hydrogens is 533 g/mol. The molecule has 0 saturated heterocycles. The lowest BCUT2D eigenvalue weighted by Crippen LogP contribution is -2.15. The molecule has 2 N–H and O–H groups in total. The minimum atomic E-state index is -4.56. The number of furan rings is 1. The predicted octanol–water partition coefficient (Wildman–Crippen LogP) is 5.55. The summed E-state index contributed by atoms with van der Waals surface area (Å²) in [5.74, 6) is -1.18. The third-order valence-corrected chi connectivity index (χ3v) is 6.05. The first-order valence-corrected chi connectivity index (χ1v) is 10.8. The number of alkyl halides is 3. The molecule has 0 aliphatic carbocycles. The number of aromatic nitrogens is 2. The van der Waals surface area contributed by atoms with E-state index in [1.165, 1.54) is 6.07 Å². The van der Waals surface area contributed by atoms with Crippen molar-refractivity contribution in [2.24, 2.45) is 0 Å². The second-order valence-corrected chi connectivity index (χ2v) is 8.85.